The molecule has 0 aromatic heterocycles. The largest absolute Gasteiger partial charge is 0.469 e. The van der Waals surface area contributed by atoms with E-state index in [4.69, 9.17) is 5.73 Å². The van der Waals surface area contributed by atoms with Crippen LogP contribution >= 0.6 is 0 Å². The molecule has 0 amide bonds. The van der Waals surface area contributed by atoms with Gasteiger partial charge in [-0.15, -0.1) is 0 Å². The molecule has 2 atom stereocenters. The van der Waals surface area contributed by atoms with Crippen molar-refractivity contribution in [2.75, 3.05) is 7.11 Å². The van der Waals surface area contributed by atoms with E-state index in [0.717, 1.165) is 25.7 Å². The molecule has 2 N–H and O–H groups in total. The van der Waals surface area contributed by atoms with Gasteiger partial charge in [-0.1, -0.05) is 30.7 Å². The summed E-state index contributed by atoms with van der Waals surface area (Å²) in [5.41, 5.74) is 9.00. The van der Waals surface area contributed by atoms with E-state index in [9.17, 15) is 4.79 Å². The number of nitrogens with two attached hydrogens (primary N) is 1. The molecule has 0 saturated carbocycles. The van der Waals surface area contributed by atoms with Crippen molar-refractivity contribution < 1.29 is 9.53 Å². The van der Waals surface area contributed by atoms with Crippen molar-refractivity contribution in [3.63, 3.8) is 0 Å². The first-order chi connectivity index (χ1) is 8.72. The highest BCUT2D eigenvalue weighted by Crippen LogP contribution is 2.35. The second-order valence-corrected chi connectivity index (χ2v) is 5.00. The molecule has 2 unspecified atom stereocenters. The van der Waals surface area contributed by atoms with Crippen molar-refractivity contribution in [1.82, 2.24) is 0 Å². The summed E-state index contributed by atoms with van der Waals surface area (Å²) >= 11 is 0. The minimum atomic E-state index is -0.119. The predicted molar refractivity (Wildman–Crippen MR) is 71.3 cm³/mol. The Morgan fingerprint density at radius 1 is 1.39 bits per heavy atom. The maximum absolute atomic E-state index is 11.0. The Balaban J connectivity index is 1.85. The number of ether oxygens (including phenoxy) is 1. The zero-order valence-corrected chi connectivity index (χ0v) is 10.9. The van der Waals surface area contributed by atoms with E-state index in [0.29, 0.717) is 12.3 Å². The molecule has 0 aliphatic heterocycles. The summed E-state index contributed by atoms with van der Waals surface area (Å²) in [6.07, 6.45) is 4.48. The molecule has 1 aliphatic carbocycles. The van der Waals surface area contributed by atoms with Gasteiger partial charge in [0.2, 0.25) is 0 Å². The number of hydrogen-bond donors (Lipinski definition) is 1. The van der Waals surface area contributed by atoms with Gasteiger partial charge in [0.05, 0.1) is 7.11 Å². The van der Waals surface area contributed by atoms with Gasteiger partial charge in [-0.25, -0.2) is 0 Å². The summed E-state index contributed by atoms with van der Waals surface area (Å²) < 4.78 is 4.64. The van der Waals surface area contributed by atoms with Crippen molar-refractivity contribution >= 4 is 5.97 Å². The summed E-state index contributed by atoms with van der Waals surface area (Å²) in [5, 5.41) is 0. The molecule has 1 aromatic carbocycles. The van der Waals surface area contributed by atoms with Gasteiger partial charge in [-0.05, 0) is 36.3 Å². The molecular formula is C15H21NO2. The van der Waals surface area contributed by atoms with E-state index in [1.54, 1.807) is 0 Å². The highest BCUT2D eigenvalue weighted by atomic mass is 16.5. The summed E-state index contributed by atoms with van der Waals surface area (Å²) in [5.74, 6) is 0.338. The predicted octanol–water partition coefficient (Wildman–Crippen LogP) is 2.39. The molecule has 3 nitrogen and oxygen atoms in total. The number of methoxy groups -OCH3 is 1. The third-order valence-electron chi connectivity index (χ3n) is 3.80. The summed E-state index contributed by atoms with van der Waals surface area (Å²) in [7, 11) is 1.44. The molecule has 1 aliphatic rings. The topological polar surface area (TPSA) is 52.3 Å². The molecule has 2 rings (SSSR count). The van der Waals surface area contributed by atoms with Gasteiger partial charge < -0.3 is 10.5 Å². The SMILES string of the molecule is COC(=O)CCCCC1c2ccccc2CC1N. The van der Waals surface area contributed by atoms with E-state index in [2.05, 4.69) is 29.0 Å². The van der Waals surface area contributed by atoms with Gasteiger partial charge in [-0.3, -0.25) is 4.79 Å². The Hall–Kier alpha value is -1.35. The van der Waals surface area contributed by atoms with Crippen molar-refractivity contribution in [3.8, 4) is 0 Å². The van der Waals surface area contributed by atoms with Crippen LogP contribution in [0.4, 0.5) is 0 Å². The molecule has 0 bridgehead atoms. The van der Waals surface area contributed by atoms with Gasteiger partial charge in [0.1, 0.15) is 0 Å². The van der Waals surface area contributed by atoms with Crippen LogP contribution in [-0.2, 0) is 16.0 Å². The van der Waals surface area contributed by atoms with E-state index in [1.165, 1.54) is 18.2 Å². The Morgan fingerprint density at radius 3 is 2.94 bits per heavy atom. The number of hydrogen-bond acceptors (Lipinski definition) is 3. The first kappa shape index (κ1) is 13.1. The minimum Gasteiger partial charge on any atom is -0.469 e. The van der Waals surface area contributed by atoms with Crippen LogP contribution in [-0.4, -0.2) is 19.1 Å². The monoisotopic (exact) mass is 247 g/mol. The lowest BCUT2D eigenvalue weighted by Crippen LogP contribution is -2.24. The second kappa shape index (κ2) is 6.01. The molecule has 0 radical (unpaired) electrons. The number of benzene rings is 1. The Kier molecular flexibility index (Phi) is 4.37. The normalized spacial score (nSPS) is 21.7. The first-order valence-electron chi connectivity index (χ1n) is 6.62. The van der Waals surface area contributed by atoms with Crippen molar-refractivity contribution in [2.45, 2.75) is 44.1 Å². The van der Waals surface area contributed by atoms with Gasteiger partial charge in [-0.2, -0.15) is 0 Å². The third kappa shape index (κ3) is 2.91. The fourth-order valence-electron chi connectivity index (χ4n) is 2.81. The summed E-state index contributed by atoms with van der Waals surface area (Å²) in [6, 6.07) is 8.75. The van der Waals surface area contributed by atoms with Crippen molar-refractivity contribution in [3.05, 3.63) is 35.4 Å². The van der Waals surface area contributed by atoms with Gasteiger partial charge in [0.15, 0.2) is 0 Å². The Morgan fingerprint density at radius 2 is 2.17 bits per heavy atom. The number of carbonyl (C=O) groups is 1. The van der Waals surface area contributed by atoms with E-state index < -0.39 is 0 Å². The maximum Gasteiger partial charge on any atom is 0.305 e. The molecule has 18 heavy (non-hydrogen) atoms. The average molecular weight is 247 g/mol. The van der Waals surface area contributed by atoms with Crippen LogP contribution < -0.4 is 5.73 Å². The van der Waals surface area contributed by atoms with Gasteiger partial charge >= 0.3 is 5.97 Å². The highest BCUT2D eigenvalue weighted by molar-refractivity contribution is 5.68. The molecule has 0 fully saturated rings. The lowest BCUT2D eigenvalue weighted by Gasteiger charge is -2.16. The van der Waals surface area contributed by atoms with Gasteiger partial charge in [0, 0.05) is 12.5 Å². The van der Waals surface area contributed by atoms with Gasteiger partial charge in [0.25, 0.3) is 0 Å². The Bertz CT molecular complexity index is 417. The molecule has 1 aromatic rings. The smallest absolute Gasteiger partial charge is 0.305 e. The molecule has 0 saturated heterocycles. The number of rotatable bonds is 5. The average Bonchev–Trinajstić information content (AvgIpc) is 2.70. The number of unbranched alkanes of at least 4 members (excludes halogenated alkanes) is 1. The molecule has 0 spiro atoms. The fraction of sp³-hybridized carbons (Fsp3) is 0.533. The van der Waals surface area contributed by atoms with Crippen LogP contribution in [0.25, 0.3) is 0 Å². The quantitative estimate of drug-likeness (QED) is 0.642. The number of esters is 1. The van der Waals surface area contributed by atoms with Crippen molar-refractivity contribution in [2.24, 2.45) is 5.73 Å². The third-order valence-corrected chi connectivity index (χ3v) is 3.80. The highest BCUT2D eigenvalue weighted by Gasteiger charge is 2.28. The fourth-order valence-corrected chi connectivity index (χ4v) is 2.81. The maximum atomic E-state index is 11.0. The van der Waals surface area contributed by atoms with Crippen LogP contribution in [0.1, 0.15) is 42.7 Å². The van der Waals surface area contributed by atoms with E-state index in [-0.39, 0.29) is 12.0 Å². The van der Waals surface area contributed by atoms with Crippen LogP contribution in [0, 0.1) is 0 Å². The van der Waals surface area contributed by atoms with E-state index in [1.807, 2.05) is 0 Å². The zero-order chi connectivity index (χ0) is 13.0. The lowest BCUT2D eigenvalue weighted by atomic mass is 9.92. The standard InChI is InChI=1S/C15H21NO2/c1-18-15(17)9-5-4-8-13-12-7-3-2-6-11(12)10-14(13)16/h2-3,6-7,13-14H,4-5,8-10,16H2,1H3. The summed E-state index contributed by atoms with van der Waals surface area (Å²) in [4.78, 5) is 11.0. The molecule has 0 heterocycles. The van der Waals surface area contributed by atoms with E-state index >= 15 is 0 Å². The number of fused-ring (bicyclic) bond motifs is 1. The minimum absolute atomic E-state index is 0.119. The first-order valence-corrected chi connectivity index (χ1v) is 6.62. The molecular weight excluding hydrogens is 226 g/mol. The van der Waals surface area contributed by atoms with Crippen molar-refractivity contribution in [1.29, 1.82) is 0 Å². The Labute approximate surface area is 108 Å². The van der Waals surface area contributed by atoms with Crippen LogP contribution in [0.15, 0.2) is 24.3 Å². The lowest BCUT2D eigenvalue weighted by molar-refractivity contribution is -0.140. The second-order valence-electron chi connectivity index (χ2n) is 5.00. The molecule has 3 heteroatoms. The van der Waals surface area contributed by atoms with Crippen LogP contribution in [0.5, 0.6) is 0 Å². The zero-order valence-electron chi connectivity index (χ0n) is 10.9. The van der Waals surface area contributed by atoms with Crippen LogP contribution in [0.3, 0.4) is 0 Å². The molecule has 98 valence electrons. The van der Waals surface area contributed by atoms with Crippen LogP contribution in [0.2, 0.25) is 0 Å². The summed E-state index contributed by atoms with van der Waals surface area (Å²) in [6.45, 7) is 0. The number of carbonyl (C=O) groups excluding carboxylic acids is 1.